The minimum atomic E-state index is -1.24. The van der Waals surface area contributed by atoms with E-state index in [4.69, 9.17) is 28.4 Å². The smallest absolute Gasteiger partial charge is 0.334 e. The first-order chi connectivity index (χ1) is 22.0. The van der Waals surface area contributed by atoms with Gasteiger partial charge in [0.15, 0.2) is 0 Å². The second kappa shape index (κ2) is 26.5. The standard InChI is InChI=1S/C34H54O12/c1-7-11-17-43-31(37)25(5)27(33(39)45-19-13-9-3)23-29(35)41-21-15-16-22-42-30(36)24-28(34(40)46-20-14-10-4)26(6)32(38)44-18-12-8-2/h27-28H,5-24H2,1-4H3. The fourth-order valence-electron chi connectivity index (χ4n) is 3.65. The Kier molecular flexibility index (Phi) is 24.4. The van der Waals surface area contributed by atoms with Gasteiger partial charge in [-0.05, 0) is 38.5 Å². The van der Waals surface area contributed by atoms with E-state index in [-0.39, 0.29) is 50.8 Å². The van der Waals surface area contributed by atoms with Crippen LogP contribution < -0.4 is 0 Å². The number of carbonyl (C=O) groups is 6. The molecular weight excluding hydrogens is 600 g/mol. The zero-order chi connectivity index (χ0) is 34.7. The van der Waals surface area contributed by atoms with Gasteiger partial charge in [-0.25, -0.2) is 9.59 Å². The maximum absolute atomic E-state index is 12.6. The summed E-state index contributed by atoms with van der Waals surface area (Å²) in [5.41, 5.74) is -0.350. The predicted octanol–water partition coefficient (Wildman–Crippen LogP) is 5.35. The van der Waals surface area contributed by atoms with Gasteiger partial charge >= 0.3 is 35.8 Å². The molecule has 0 aliphatic carbocycles. The molecule has 0 spiro atoms. The lowest BCUT2D eigenvalue weighted by molar-refractivity contribution is -0.156. The molecule has 0 amide bonds. The van der Waals surface area contributed by atoms with Crippen molar-refractivity contribution < 1.29 is 57.2 Å². The molecule has 0 N–H and O–H groups in total. The first-order valence-electron chi connectivity index (χ1n) is 16.4. The van der Waals surface area contributed by atoms with Gasteiger partial charge in [-0.3, -0.25) is 19.2 Å². The number of carbonyl (C=O) groups excluding carboxylic acids is 6. The van der Waals surface area contributed by atoms with Gasteiger partial charge in [0.1, 0.15) is 0 Å². The highest BCUT2D eigenvalue weighted by Gasteiger charge is 2.33. The molecular formula is C34H54O12. The van der Waals surface area contributed by atoms with E-state index in [9.17, 15) is 28.8 Å². The maximum Gasteiger partial charge on any atom is 0.334 e. The Morgan fingerprint density at radius 1 is 0.435 bits per heavy atom. The van der Waals surface area contributed by atoms with Gasteiger partial charge in [-0.15, -0.1) is 0 Å². The molecule has 12 heteroatoms. The van der Waals surface area contributed by atoms with Crippen molar-refractivity contribution in [2.45, 2.75) is 105 Å². The highest BCUT2D eigenvalue weighted by atomic mass is 16.6. The predicted molar refractivity (Wildman–Crippen MR) is 169 cm³/mol. The average Bonchev–Trinajstić information content (AvgIpc) is 3.03. The lowest BCUT2D eigenvalue weighted by Crippen LogP contribution is -2.28. The minimum absolute atomic E-state index is 0.0335. The number of ether oxygens (including phenoxy) is 6. The molecule has 2 unspecified atom stereocenters. The van der Waals surface area contributed by atoms with E-state index in [1.54, 1.807) is 0 Å². The van der Waals surface area contributed by atoms with Crippen molar-refractivity contribution in [2.75, 3.05) is 39.6 Å². The molecule has 0 aliphatic rings. The molecule has 0 bridgehead atoms. The summed E-state index contributed by atoms with van der Waals surface area (Å²) in [6, 6.07) is 0. The second-order valence-electron chi connectivity index (χ2n) is 10.7. The first-order valence-corrected chi connectivity index (χ1v) is 16.4. The summed E-state index contributed by atoms with van der Waals surface area (Å²) in [6.45, 7) is 15.6. The van der Waals surface area contributed by atoms with E-state index in [0.29, 0.717) is 38.5 Å². The SMILES string of the molecule is C=C(C(=O)OCCCC)C(CC(=O)OCCCCOC(=O)CC(C(=C)C(=O)OCCCC)C(=O)OCCCC)C(=O)OCCCC. The molecule has 0 aliphatic heterocycles. The first kappa shape index (κ1) is 42.3. The highest BCUT2D eigenvalue weighted by Crippen LogP contribution is 2.21. The number of esters is 6. The number of hydrogen-bond acceptors (Lipinski definition) is 12. The molecule has 0 saturated heterocycles. The third kappa shape index (κ3) is 19.0. The van der Waals surface area contributed by atoms with Crippen molar-refractivity contribution in [3.05, 3.63) is 24.3 Å². The van der Waals surface area contributed by atoms with E-state index in [1.807, 2.05) is 27.7 Å². The van der Waals surface area contributed by atoms with Gasteiger partial charge in [-0.2, -0.15) is 0 Å². The molecule has 0 heterocycles. The Morgan fingerprint density at radius 3 is 1.02 bits per heavy atom. The normalized spacial score (nSPS) is 11.8. The van der Waals surface area contributed by atoms with Crippen LogP contribution in [0.15, 0.2) is 24.3 Å². The highest BCUT2D eigenvalue weighted by molar-refractivity contribution is 5.97. The van der Waals surface area contributed by atoms with Crippen molar-refractivity contribution >= 4 is 35.8 Å². The lowest BCUT2D eigenvalue weighted by atomic mass is 9.97. The molecule has 0 fully saturated rings. The maximum atomic E-state index is 12.6. The van der Waals surface area contributed by atoms with Crippen LogP contribution in [0.3, 0.4) is 0 Å². The zero-order valence-corrected chi connectivity index (χ0v) is 28.2. The Labute approximate surface area is 273 Å². The van der Waals surface area contributed by atoms with Gasteiger partial charge in [0.2, 0.25) is 0 Å². The topological polar surface area (TPSA) is 158 Å². The molecule has 0 rings (SSSR count). The van der Waals surface area contributed by atoms with Crippen LogP contribution in [0.1, 0.15) is 105 Å². The van der Waals surface area contributed by atoms with Crippen molar-refractivity contribution in [2.24, 2.45) is 11.8 Å². The molecule has 262 valence electrons. The van der Waals surface area contributed by atoms with E-state index >= 15 is 0 Å². The Hall–Kier alpha value is -3.70. The Balaban J connectivity index is 4.87. The summed E-state index contributed by atoms with van der Waals surface area (Å²) >= 11 is 0. The van der Waals surface area contributed by atoms with E-state index in [2.05, 4.69) is 13.2 Å². The van der Waals surface area contributed by atoms with E-state index in [0.717, 1.165) is 25.7 Å². The van der Waals surface area contributed by atoms with Crippen LogP contribution in [0, 0.1) is 11.8 Å². The fourth-order valence-corrected chi connectivity index (χ4v) is 3.65. The number of rotatable bonds is 27. The van der Waals surface area contributed by atoms with Crippen LogP contribution >= 0.6 is 0 Å². The summed E-state index contributed by atoms with van der Waals surface area (Å²) in [5, 5.41) is 0. The summed E-state index contributed by atoms with van der Waals surface area (Å²) in [7, 11) is 0. The van der Waals surface area contributed by atoms with Crippen molar-refractivity contribution in [3.8, 4) is 0 Å². The van der Waals surface area contributed by atoms with Gasteiger partial charge < -0.3 is 28.4 Å². The van der Waals surface area contributed by atoms with Crippen LogP contribution in [0.2, 0.25) is 0 Å². The van der Waals surface area contributed by atoms with Crippen LogP contribution in [-0.2, 0) is 57.2 Å². The van der Waals surface area contributed by atoms with Crippen LogP contribution in [-0.4, -0.2) is 75.5 Å². The summed E-state index contributed by atoms with van der Waals surface area (Å²) < 4.78 is 31.1. The summed E-state index contributed by atoms with van der Waals surface area (Å²) in [6.07, 6.45) is 5.54. The van der Waals surface area contributed by atoms with E-state index < -0.39 is 60.5 Å². The minimum Gasteiger partial charge on any atom is -0.466 e. The summed E-state index contributed by atoms with van der Waals surface area (Å²) in [5.74, 6) is -6.97. The van der Waals surface area contributed by atoms with Gasteiger partial charge in [0, 0.05) is 11.1 Å². The quantitative estimate of drug-likeness (QED) is 0.0485. The van der Waals surface area contributed by atoms with Crippen LogP contribution in [0.25, 0.3) is 0 Å². The molecule has 0 aromatic carbocycles. The molecule has 2 atom stereocenters. The van der Waals surface area contributed by atoms with Crippen LogP contribution in [0.4, 0.5) is 0 Å². The summed E-state index contributed by atoms with van der Waals surface area (Å²) in [4.78, 5) is 75.0. The fraction of sp³-hybridized carbons (Fsp3) is 0.706. The van der Waals surface area contributed by atoms with Crippen molar-refractivity contribution in [3.63, 3.8) is 0 Å². The van der Waals surface area contributed by atoms with Crippen LogP contribution in [0.5, 0.6) is 0 Å². The van der Waals surface area contributed by atoms with Gasteiger partial charge in [0.05, 0.1) is 64.3 Å². The monoisotopic (exact) mass is 654 g/mol. The average molecular weight is 655 g/mol. The Bertz CT molecular complexity index is 909. The molecule has 12 nitrogen and oxygen atoms in total. The Morgan fingerprint density at radius 2 is 0.717 bits per heavy atom. The third-order valence-electron chi connectivity index (χ3n) is 6.69. The van der Waals surface area contributed by atoms with E-state index in [1.165, 1.54) is 0 Å². The molecule has 0 aromatic heterocycles. The van der Waals surface area contributed by atoms with Crippen molar-refractivity contribution in [1.29, 1.82) is 0 Å². The number of unbranched alkanes of at least 4 members (excludes halogenated alkanes) is 5. The molecule has 46 heavy (non-hydrogen) atoms. The second-order valence-corrected chi connectivity index (χ2v) is 10.7. The number of hydrogen-bond donors (Lipinski definition) is 0. The molecule has 0 radical (unpaired) electrons. The van der Waals surface area contributed by atoms with Crippen molar-refractivity contribution in [1.82, 2.24) is 0 Å². The largest absolute Gasteiger partial charge is 0.466 e. The van der Waals surface area contributed by atoms with Gasteiger partial charge in [0.25, 0.3) is 0 Å². The van der Waals surface area contributed by atoms with Gasteiger partial charge in [-0.1, -0.05) is 66.5 Å². The lowest BCUT2D eigenvalue weighted by Gasteiger charge is -2.17. The zero-order valence-electron chi connectivity index (χ0n) is 28.2. The third-order valence-corrected chi connectivity index (χ3v) is 6.69. The molecule has 0 aromatic rings. The molecule has 0 saturated carbocycles.